The molecule has 3 heteroatoms. The molecule has 0 amide bonds. The maximum Gasteiger partial charge on any atom is 0.134 e. The number of fused-ring (bicyclic) bond motifs is 1. The minimum Gasteiger partial charge on any atom is -0.464 e. The molecule has 2 unspecified atom stereocenters. The van der Waals surface area contributed by atoms with Crippen molar-refractivity contribution in [3.8, 4) is 6.07 Å². The number of nitriles is 1. The van der Waals surface area contributed by atoms with Crippen molar-refractivity contribution in [2.75, 3.05) is 7.05 Å². The molecule has 2 aromatic rings. The molecule has 1 heterocycles. The second-order valence-corrected chi connectivity index (χ2v) is 4.10. The van der Waals surface area contributed by atoms with Crippen LogP contribution in [0.4, 0.5) is 0 Å². The van der Waals surface area contributed by atoms with E-state index in [1.54, 1.807) is 6.26 Å². The summed E-state index contributed by atoms with van der Waals surface area (Å²) in [6, 6.07) is 10.3. The van der Waals surface area contributed by atoms with E-state index >= 15 is 0 Å². The van der Waals surface area contributed by atoms with E-state index in [1.807, 2.05) is 38.2 Å². The second kappa shape index (κ2) is 5.03. The van der Waals surface area contributed by atoms with Gasteiger partial charge in [-0.3, -0.25) is 0 Å². The quantitative estimate of drug-likeness (QED) is 0.873. The normalized spacial score (nSPS) is 14.4. The van der Waals surface area contributed by atoms with E-state index in [4.69, 9.17) is 4.42 Å². The van der Waals surface area contributed by atoms with Gasteiger partial charge < -0.3 is 9.73 Å². The number of rotatable bonds is 4. The fourth-order valence-electron chi connectivity index (χ4n) is 2.21. The maximum atomic E-state index is 9.18. The first-order chi connectivity index (χ1) is 8.31. The molecule has 0 aliphatic heterocycles. The standard InChI is InChI=1S/C14H16N2O/c1-3-10(8-15)14(16-2)12-9-17-13-7-5-4-6-11(12)13/h4-7,9-10,14,16H,3H2,1-2H3. The number of nitrogens with zero attached hydrogens (tertiary/aromatic N) is 1. The molecule has 0 radical (unpaired) electrons. The lowest BCUT2D eigenvalue weighted by Crippen LogP contribution is -2.23. The third-order valence-electron chi connectivity index (χ3n) is 3.17. The molecule has 1 N–H and O–H groups in total. The number of benzene rings is 1. The van der Waals surface area contributed by atoms with Gasteiger partial charge >= 0.3 is 0 Å². The van der Waals surface area contributed by atoms with Crippen molar-refractivity contribution in [3.05, 3.63) is 36.1 Å². The van der Waals surface area contributed by atoms with Gasteiger partial charge in [0.15, 0.2) is 0 Å². The van der Waals surface area contributed by atoms with Gasteiger partial charge in [-0.25, -0.2) is 0 Å². The first kappa shape index (κ1) is 11.7. The molecule has 0 aliphatic rings. The summed E-state index contributed by atoms with van der Waals surface area (Å²) in [6.07, 6.45) is 2.58. The van der Waals surface area contributed by atoms with Crippen molar-refractivity contribution in [1.82, 2.24) is 5.32 Å². The Morgan fingerprint density at radius 3 is 2.82 bits per heavy atom. The topological polar surface area (TPSA) is 49.0 Å². The second-order valence-electron chi connectivity index (χ2n) is 4.10. The third-order valence-corrected chi connectivity index (χ3v) is 3.17. The summed E-state index contributed by atoms with van der Waals surface area (Å²) in [7, 11) is 1.88. The van der Waals surface area contributed by atoms with Crippen LogP contribution in [0.15, 0.2) is 34.9 Å². The Morgan fingerprint density at radius 1 is 1.41 bits per heavy atom. The molecule has 0 saturated heterocycles. The van der Waals surface area contributed by atoms with Crippen molar-refractivity contribution in [1.29, 1.82) is 5.26 Å². The molecule has 17 heavy (non-hydrogen) atoms. The zero-order valence-electron chi connectivity index (χ0n) is 10.1. The Morgan fingerprint density at radius 2 is 2.18 bits per heavy atom. The predicted molar refractivity (Wildman–Crippen MR) is 67.4 cm³/mol. The van der Waals surface area contributed by atoms with Gasteiger partial charge in [0, 0.05) is 10.9 Å². The molecule has 2 atom stereocenters. The van der Waals surface area contributed by atoms with Gasteiger partial charge in [-0.2, -0.15) is 5.26 Å². The number of nitrogens with one attached hydrogen (secondary N) is 1. The third kappa shape index (κ3) is 2.04. The lowest BCUT2D eigenvalue weighted by Gasteiger charge is -2.19. The van der Waals surface area contributed by atoms with Crippen LogP contribution in [0.3, 0.4) is 0 Å². The van der Waals surface area contributed by atoms with Gasteiger partial charge in [-0.05, 0) is 19.5 Å². The molecule has 1 aromatic heterocycles. The monoisotopic (exact) mass is 228 g/mol. The molecule has 0 saturated carbocycles. The van der Waals surface area contributed by atoms with E-state index in [0.717, 1.165) is 23.0 Å². The van der Waals surface area contributed by atoms with Gasteiger partial charge in [0.25, 0.3) is 0 Å². The first-order valence-corrected chi connectivity index (χ1v) is 5.84. The van der Waals surface area contributed by atoms with Crippen LogP contribution in [0.25, 0.3) is 11.0 Å². The van der Waals surface area contributed by atoms with Gasteiger partial charge in [-0.15, -0.1) is 0 Å². The van der Waals surface area contributed by atoms with E-state index in [0.29, 0.717) is 0 Å². The summed E-state index contributed by atoms with van der Waals surface area (Å²) in [5.41, 5.74) is 1.94. The summed E-state index contributed by atoms with van der Waals surface area (Å²) in [6.45, 7) is 2.03. The van der Waals surface area contributed by atoms with Crippen LogP contribution in [0.5, 0.6) is 0 Å². The van der Waals surface area contributed by atoms with Crippen molar-refractivity contribution >= 4 is 11.0 Å². The zero-order chi connectivity index (χ0) is 12.3. The van der Waals surface area contributed by atoms with E-state index in [2.05, 4.69) is 11.4 Å². The summed E-state index contributed by atoms with van der Waals surface area (Å²) in [5.74, 6) is -0.0407. The summed E-state index contributed by atoms with van der Waals surface area (Å²) in [4.78, 5) is 0. The van der Waals surface area contributed by atoms with Gasteiger partial charge in [0.05, 0.1) is 24.3 Å². The van der Waals surface area contributed by atoms with E-state index in [9.17, 15) is 5.26 Å². The number of furan rings is 1. The SMILES string of the molecule is CCC(C#N)C(NC)c1coc2ccccc12. The highest BCUT2D eigenvalue weighted by Gasteiger charge is 2.23. The van der Waals surface area contributed by atoms with Crippen LogP contribution in [-0.2, 0) is 0 Å². The lowest BCUT2D eigenvalue weighted by atomic mass is 9.92. The van der Waals surface area contributed by atoms with Crippen molar-refractivity contribution in [2.45, 2.75) is 19.4 Å². The van der Waals surface area contributed by atoms with Crippen LogP contribution in [-0.4, -0.2) is 7.05 Å². The molecule has 0 spiro atoms. The Kier molecular flexibility index (Phi) is 3.46. The van der Waals surface area contributed by atoms with Crippen molar-refractivity contribution in [3.63, 3.8) is 0 Å². The zero-order valence-corrected chi connectivity index (χ0v) is 10.1. The minimum atomic E-state index is -0.0407. The van der Waals surface area contributed by atoms with E-state index < -0.39 is 0 Å². The van der Waals surface area contributed by atoms with E-state index in [1.165, 1.54) is 0 Å². The van der Waals surface area contributed by atoms with Gasteiger partial charge in [-0.1, -0.05) is 25.1 Å². The molecule has 0 bridgehead atoms. The first-order valence-electron chi connectivity index (χ1n) is 5.84. The average Bonchev–Trinajstić information content (AvgIpc) is 2.79. The largest absolute Gasteiger partial charge is 0.464 e. The Bertz CT molecular complexity index is 538. The molecule has 1 aromatic carbocycles. The van der Waals surface area contributed by atoms with Crippen LogP contribution < -0.4 is 5.32 Å². The van der Waals surface area contributed by atoms with Crippen LogP contribution >= 0.6 is 0 Å². The number of hydrogen-bond donors (Lipinski definition) is 1. The highest BCUT2D eigenvalue weighted by molar-refractivity contribution is 5.81. The van der Waals surface area contributed by atoms with Gasteiger partial charge in [0.1, 0.15) is 5.58 Å². The molecular formula is C14H16N2O. The molecule has 88 valence electrons. The molecule has 0 fully saturated rings. The summed E-state index contributed by atoms with van der Waals surface area (Å²) >= 11 is 0. The lowest BCUT2D eigenvalue weighted by molar-refractivity contribution is 0.445. The Labute approximate surface area is 101 Å². The van der Waals surface area contributed by atoms with Crippen LogP contribution in [0.2, 0.25) is 0 Å². The average molecular weight is 228 g/mol. The number of para-hydroxylation sites is 1. The Balaban J connectivity index is 2.47. The van der Waals surface area contributed by atoms with E-state index in [-0.39, 0.29) is 12.0 Å². The smallest absolute Gasteiger partial charge is 0.134 e. The van der Waals surface area contributed by atoms with Crippen LogP contribution in [0.1, 0.15) is 24.9 Å². The Hall–Kier alpha value is -1.79. The van der Waals surface area contributed by atoms with Gasteiger partial charge in [0.2, 0.25) is 0 Å². The van der Waals surface area contributed by atoms with Crippen LogP contribution in [0, 0.1) is 17.2 Å². The summed E-state index contributed by atoms with van der Waals surface area (Å²) in [5, 5.41) is 13.5. The molecular weight excluding hydrogens is 212 g/mol. The van der Waals surface area contributed by atoms with Crippen molar-refractivity contribution < 1.29 is 4.42 Å². The predicted octanol–water partition coefficient (Wildman–Crippen LogP) is 3.24. The fourth-order valence-corrected chi connectivity index (χ4v) is 2.21. The number of hydrogen-bond acceptors (Lipinski definition) is 3. The highest BCUT2D eigenvalue weighted by atomic mass is 16.3. The molecule has 0 aliphatic carbocycles. The summed E-state index contributed by atoms with van der Waals surface area (Å²) < 4.78 is 5.52. The van der Waals surface area contributed by atoms with Crippen molar-refractivity contribution in [2.24, 2.45) is 5.92 Å². The maximum absolute atomic E-state index is 9.18. The molecule has 2 rings (SSSR count). The molecule has 3 nitrogen and oxygen atoms in total. The highest BCUT2D eigenvalue weighted by Crippen LogP contribution is 2.31. The fraction of sp³-hybridized carbons (Fsp3) is 0.357. The minimum absolute atomic E-state index is 0.0219.